The molecule has 0 aromatic carbocycles. The van der Waals surface area contributed by atoms with Crippen LogP contribution in [0.5, 0.6) is 0 Å². The van der Waals surface area contributed by atoms with Gasteiger partial charge in [0.2, 0.25) is 5.91 Å². The SMILES string of the molecule is CC1CN(CCC2CCN(C(=O)C3(N)CCOCC3)CC2)CC(C)O1.Cl.Cl. The van der Waals surface area contributed by atoms with Crippen molar-refractivity contribution < 1.29 is 14.3 Å². The molecule has 0 bridgehead atoms. The Kier molecular flexibility index (Phi) is 10.3. The second-order valence-corrected chi connectivity index (χ2v) is 8.31. The van der Waals surface area contributed by atoms with Gasteiger partial charge >= 0.3 is 0 Å². The summed E-state index contributed by atoms with van der Waals surface area (Å²) in [5.41, 5.74) is 5.67. The van der Waals surface area contributed by atoms with E-state index in [1.807, 2.05) is 4.90 Å². The second kappa shape index (κ2) is 11.2. The molecule has 1 amide bonds. The van der Waals surface area contributed by atoms with Crippen LogP contribution in [0.2, 0.25) is 0 Å². The lowest BCUT2D eigenvalue weighted by molar-refractivity contribution is -0.142. The molecule has 3 aliphatic rings. The fourth-order valence-corrected chi connectivity index (χ4v) is 4.52. The highest BCUT2D eigenvalue weighted by Gasteiger charge is 2.39. The minimum Gasteiger partial charge on any atom is -0.381 e. The number of nitrogens with two attached hydrogens (primary N) is 1. The van der Waals surface area contributed by atoms with Crippen LogP contribution in [0.15, 0.2) is 0 Å². The summed E-state index contributed by atoms with van der Waals surface area (Å²) in [6.45, 7) is 10.5. The smallest absolute Gasteiger partial charge is 0.242 e. The van der Waals surface area contributed by atoms with Gasteiger partial charge in [0.15, 0.2) is 0 Å². The van der Waals surface area contributed by atoms with Crippen molar-refractivity contribution in [1.82, 2.24) is 9.80 Å². The van der Waals surface area contributed by atoms with Gasteiger partial charge in [-0.3, -0.25) is 9.69 Å². The summed E-state index contributed by atoms with van der Waals surface area (Å²) in [6, 6.07) is 0. The van der Waals surface area contributed by atoms with Crippen LogP contribution in [0.3, 0.4) is 0 Å². The Morgan fingerprint density at radius 1 is 1.07 bits per heavy atom. The highest BCUT2D eigenvalue weighted by Crippen LogP contribution is 2.26. The van der Waals surface area contributed by atoms with Gasteiger partial charge in [-0.05, 0) is 58.4 Å². The molecule has 8 heteroatoms. The number of piperidine rings is 1. The zero-order valence-electron chi connectivity index (χ0n) is 16.7. The monoisotopic (exact) mass is 425 g/mol. The average Bonchev–Trinajstić information content (AvgIpc) is 2.60. The summed E-state index contributed by atoms with van der Waals surface area (Å²) in [4.78, 5) is 17.3. The topological polar surface area (TPSA) is 68.0 Å². The molecule has 3 fully saturated rings. The number of hydrogen-bond donors (Lipinski definition) is 1. The molecule has 3 saturated heterocycles. The van der Waals surface area contributed by atoms with Gasteiger partial charge in [-0.2, -0.15) is 0 Å². The zero-order valence-corrected chi connectivity index (χ0v) is 18.4. The fraction of sp³-hybridized carbons (Fsp3) is 0.947. The first-order chi connectivity index (χ1) is 12.0. The maximum absolute atomic E-state index is 12.8. The number of carbonyl (C=O) groups is 1. The minimum atomic E-state index is -0.689. The van der Waals surface area contributed by atoms with Gasteiger partial charge in [-0.1, -0.05) is 0 Å². The van der Waals surface area contributed by atoms with E-state index in [9.17, 15) is 4.79 Å². The molecule has 3 aliphatic heterocycles. The van der Waals surface area contributed by atoms with Gasteiger partial charge in [0.1, 0.15) is 0 Å². The Morgan fingerprint density at radius 3 is 2.19 bits per heavy atom. The van der Waals surface area contributed by atoms with Crippen LogP contribution >= 0.6 is 24.8 Å². The van der Waals surface area contributed by atoms with Crippen molar-refractivity contribution in [3.63, 3.8) is 0 Å². The van der Waals surface area contributed by atoms with Crippen LogP contribution in [0.25, 0.3) is 0 Å². The maximum Gasteiger partial charge on any atom is 0.242 e. The number of rotatable bonds is 4. The predicted octanol–water partition coefficient (Wildman–Crippen LogP) is 2.08. The summed E-state index contributed by atoms with van der Waals surface area (Å²) in [7, 11) is 0. The Labute approximate surface area is 176 Å². The molecule has 0 saturated carbocycles. The molecular weight excluding hydrogens is 389 g/mol. The van der Waals surface area contributed by atoms with Crippen LogP contribution in [0.1, 0.15) is 46.0 Å². The second-order valence-electron chi connectivity index (χ2n) is 8.31. The average molecular weight is 426 g/mol. The standard InChI is InChI=1S/C19H35N3O3.2ClH/c1-15-13-21(14-16(2)25-15)8-3-17-4-9-22(10-5-17)18(23)19(20)6-11-24-12-7-19;;/h15-17H,3-14,20H2,1-2H3;2*1H. The molecule has 0 spiro atoms. The number of amides is 1. The molecule has 2 atom stereocenters. The molecule has 2 N–H and O–H groups in total. The van der Waals surface area contributed by atoms with Crippen molar-refractivity contribution in [2.45, 2.75) is 63.7 Å². The molecule has 3 heterocycles. The van der Waals surface area contributed by atoms with E-state index in [1.165, 1.54) is 6.42 Å². The van der Waals surface area contributed by atoms with Crippen LogP contribution in [-0.2, 0) is 14.3 Å². The summed E-state index contributed by atoms with van der Waals surface area (Å²) < 4.78 is 11.2. The zero-order chi connectivity index (χ0) is 17.9. The number of nitrogens with zero attached hydrogens (tertiary/aromatic N) is 2. The molecular formula is C19H37Cl2N3O3. The van der Waals surface area contributed by atoms with Crippen LogP contribution in [0, 0.1) is 5.92 Å². The minimum absolute atomic E-state index is 0. The van der Waals surface area contributed by atoms with Crippen molar-refractivity contribution in [3.05, 3.63) is 0 Å². The third kappa shape index (κ3) is 6.72. The van der Waals surface area contributed by atoms with E-state index >= 15 is 0 Å². The molecule has 2 unspecified atom stereocenters. The van der Waals surface area contributed by atoms with E-state index < -0.39 is 5.54 Å². The summed E-state index contributed by atoms with van der Waals surface area (Å²) in [5, 5.41) is 0. The summed E-state index contributed by atoms with van der Waals surface area (Å²) in [6.07, 6.45) is 5.41. The fourth-order valence-electron chi connectivity index (χ4n) is 4.52. The molecule has 0 aliphatic carbocycles. The van der Waals surface area contributed by atoms with Crippen molar-refractivity contribution in [1.29, 1.82) is 0 Å². The van der Waals surface area contributed by atoms with E-state index in [-0.39, 0.29) is 30.7 Å². The van der Waals surface area contributed by atoms with E-state index in [1.54, 1.807) is 0 Å². The van der Waals surface area contributed by atoms with Crippen LogP contribution in [0.4, 0.5) is 0 Å². The predicted molar refractivity (Wildman–Crippen MR) is 112 cm³/mol. The summed E-state index contributed by atoms with van der Waals surface area (Å²) in [5.74, 6) is 0.867. The lowest BCUT2D eigenvalue weighted by Crippen LogP contribution is -2.59. The lowest BCUT2D eigenvalue weighted by atomic mass is 9.87. The normalized spacial score (nSPS) is 29.5. The van der Waals surface area contributed by atoms with Crippen molar-refractivity contribution in [2.24, 2.45) is 11.7 Å². The highest BCUT2D eigenvalue weighted by molar-refractivity contribution is 5.86. The first-order valence-corrected chi connectivity index (χ1v) is 10.00. The Hall–Kier alpha value is -0.110. The van der Waals surface area contributed by atoms with Crippen molar-refractivity contribution in [3.8, 4) is 0 Å². The van der Waals surface area contributed by atoms with Gasteiger partial charge in [-0.15, -0.1) is 24.8 Å². The Bertz CT molecular complexity index is 445. The molecule has 0 radical (unpaired) electrons. The third-order valence-electron chi connectivity index (χ3n) is 6.06. The molecule has 6 nitrogen and oxygen atoms in total. The summed E-state index contributed by atoms with van der Waals surface area (Å²) >= 11 is 0. The number of ether oxygens (including phenoxy) is 2. The first-order valence-electron chi connectivity index (χ1n) is 10.00. The van der Waals surface area contributed by atoms with E-state index in [0.717, 1.165) is 51.5 Å². The van der Waals surface area contributed by atoms with E-state index in [0.29, 0.717) is 38.3 Å². The number of carbonyl (C=O) groups excluding carboxylic acids is 1. The lowest BCUT2D eigenvalue weighted by Gasteiger charge is -2.40. The number of halogens is 2. The van der Waals surface area contributed by atoms with Gasteiger partial charge in [0.05, 0.1) is 17.7 Å². The number of likely N-dealkylation sites (tertiary alicyclic amines) is 1. The van der Waals surface area contributed by atoms with Gasteiger partial charge in [0.25, 0.3) is 0 Å². The van der Waals surface area contributed by atoms with E-state index in [2.05, 4.69) is 18.7 Å². The molecule has 0 aromatic heterocycles. The number of morpholine rings is 1. The van der Waals surface area contributed by atoms with Gasteiger partial charge in [-0.25, -0.2) is 0 Å². The Balaban J connectivity index is 0.00000182. The third-order valence-corrected chi connectivity index (χ3v) is 6.06. The quantitative estimate of drug-likeness (QED) is 0.746. The van der Waals surface area contributed by atoms with Gasteiger partial charge < -0.3 is 20.1 Å². The van der Waals surface area contributed by atoms with Gasteiger partial charge in [0, 0.05) is 39.4 Å². The molecule has 3 rings (SSSR count). The van der Waals surface area contributed by atoms with Crippen molar-refractivity contribution in [2.75, 3.05) is 45.9 Å². The van der Waals surface area contributed by atoms with E-state index in [4.69, 9.17) is 15.2 Å². The van der Waals surface area contributed by atoms with Crippen molar-refractivity contribution >= 4 is 30.7 Å². The maximum atomic E-state index is 12.8. The largest absolute Gasteiger partial charge is 0.381 e. The molecule has 160 valence electrons. The van der Waals surface area contributed by atoms with Crippen LogP contribution < -0.4 is 5.73 Å². The number of hydrogen-bond acceptors (Lipinski definition) is 5. The Morgan fingerprint density at radius 2 is 1.63 bits per heavy atom. The highest BCUT2D eigenvalue weighted by atomic mass is 35.5. The first kappa shape index (κ1) is 24.9. The van der Waals surface area contributed by atoms with Crippen LogP contribution in [-0.4, -0.2) is 79.4 Å². The molecule has 0 aromatic rings. The molecule has 27 heavy (non-hydrogen) atoms.